The number of amides is 2. The molecule has 0 unspecified atom stereocenters. The van der Waals surface area contributed by atoms with Crippen LogP contribution in [-0.4, -0.2) is 12.6 Å². The van der Waals surface area contributed by atoms with E-state index in [4.69, 9.17) is 11.6 Å². The van der Waals surface area contributed by atoms with E-state index in [9.17, 15) is 4.79 Å². The summed E-state index contributed by atoms with van der Waals surface area (Å²) in [6, 6.07) is 13.1. The van der Waals surface area contributed by atoms with Gasteiger partial charge in [0.1, 0.15) is 0 Å². The van der Waals surface area contributed by atoms with E-state index in [-0.39, 0.29) is 6.03 Å². The molecule has 0 aliphatic rings. The molecule has 2 rings (SSSR count). The number of carbonyl (C=O) groups excluding carboxylic acids is 1. The SMILES string of the molecule is Cc1cc(NC(=O)NCCc2ccccc2Cl)ccc1Br. The van der Waals surface area contributed by atoms with Crippen LogP contribution in [0.15, 0.2) is 46.9 Å². The van der Waals surface area contributed by atoms with Crippen LogP contribution in [0.3, 0.4) is 0 Å². The second kappa shape index (κ2) is 7.48. The fraction of sp³-hybridized carbons (Fsp3) is 0.188. The van der Waals surface area contributed by atoms with E-state index in [1.165, 1.54) is 0 Å². The van der Waals surface area contributed by atoms with Crippen molar-refractivity contribution < 1.29 is 4.79 Å². The first-order valence-electron chi connectivity index (χ1n) is 6.60. The van der Waals surface area contributed by atoms with Crippen LogP contribution in [0.1, 0.15) is 11.1 Å². The Morgan fingerprint density at radius 1 is 1.24 bits per heavy atom. The van der Waals surface area contributed by atoms with Crippen molar-refractivity contribution in [2.75, 3.05) is 11.9 Å². The fourth-order valence-corrected chi connectivity index (χ4v) is 2.39. The minimum atomic E-state index is -0.219. The van der Waals surface area contributed by atoms with Crippen molar-refractivity contribution in [3.8, 4) is 0 Å². The van der Waals surface area contributed by atoms with Crippen LogP contribution in [0.4, 0.5) is 10.5 Å². The fourth-order valence-electron chi connectivity index (χ4n) is 1.91. The van der Waals surface area contributed by atoms with Gasteiger partial charge in [0.15, 0.2) is 0 Å². The van der Waals surface area contributed by atoms with Crippen LogP contribution in [-0.2, 0) is 6.42 Å². The molecule has 0 aromatic heterocycles. The van der Waals surface area contributed by atoms with Gasteiger partial charge in [-0.2, -0.15) is 0 Å². The van der Waals surface area contributed by atoms with Gasteiger partial charge < -0.3 is 10.6 Å². The van der Waals surface area contributed by atoms with Crippen LogP contribution in [0, 0.1) is 6.92 Å². The van der Waals surface area contributed by atoms with Crippen molar-refractivity contribution in [1.82, 2.24) is 5.32 Å². The van der Waals surface area contributed by atoms with Gasteiger partial charge in [-0.15, -0.1) is 0 Å². The summed E-state index contributed by atoms with van der Waals surface area (Å²) < 4.78 is 1.02. The number of hydrogen-bond acceptors (Lipinski definition) is 1. The summed E-state index contributed by atoms with van der Waals surface area (Å²) in [6.07, 6.45) is 0.701. The Balaban J connectivity index is 1.82. The zero-order chi connectivity index (χ0) is 15.2. The molecular weight excluding hydrogens is 352 g/mol. The van der Waals surface area contributed by atoms with Crippen LogP contribution < -0.4 is 10.6 Å². The Labute approximate surface area is 137 Å². The first kappa shape index (κ1) is 15.9. The molecule has 0 bridgehead atoms. The summed E-state index contributed by atoms with van der Waals surface area (Å²) in [5, 5.41) is 6.35. The number of urea groups is 1. The highest BCUT2D eigenvalue weighted by Crippen LogP contribution is 2.20. The summed E-state index contributed by atoms with van der Waals surface area (Å²) in [5.41, 5.74) is 2.87. The molecule has 0 spiro atoms. The van der Waals surface area contributed by atoms with E-state index >= 15 is 0 Å². The first-order valence-corrected chi connectivity index (χ1v) is 7.78. The van der Waals surface area contributed by atoms with Gasteiger partial charge in [0.2, 0.25) is 0 Å². The zero-order valence-electron chi connectivity index (χ0n) is 11.6. The van der Waals surface area contributed by atoms with Crippen LogP contribution in [0.5, 0.6) is 0 Å². The number of carbonyl (C=O) groups is 1. The summed E-state index contributed by atoms with van der Waals surface area (Å²) >= 11 is 9.50. The van der Waals surface area contributed by atoms with Crippen molar-refractivity contribution in [3.05, 3.63) is 63.1 Å². The minimum Gasteiger partial charge on any atom is -0.338 e. The van der Waals surface area contributed by atoms with Crippen molar-refractivity contribution in [3.63, 3.8) is 0 Å². The third-order valence-corrected chi connectivity index (χ3v) is 4.31. The summed E-state index contributed by atoms with van der Waals surface area (Å²) in [6.45, 7) is 2.51. The Hall–Kier alpha value is -1.52. The average Bonchev–Trinajstić information content (AvgIpc) is 2.45. The summed E-state index contributed by atoms with van der Waals surface area (Å²) in [5.74, 6) is 0. The number of halogens is 2. The van der Waals surface area contributed by atoms with Gasteiger partial charge in [0.05, 0.1) is 0 Å². The topological polar surface area (TPSA) is 41.1 Å². The summed E-state index contributed by atoms with van der Waals surface area (Å²) in [7, 11) is 0. The second-order valence-corrected chi connectivity index (χ2v) is 5.95. The van der Waals surface area contributed by atoms with E-state index in [2.05, 4.69) is 26.6 Å². The number of benzene rings is 2. The molecule has 5 heteroatoms. The largest absolute Gasteiger partial charge is 0.338 e. The molecule has 2 amide bonds. The van der Waals surface area contributed by atoms with Gasteiger partial charge in [-0.05, 0) is 48.7 Å². The molecule has 0 saturated carbocycles. The highest BCUT2D eigenvalue weighted by atomic mass is 79.9. The lowest BCUT2D eigenvalue weighted by Gasteiger charge is -2.09. The highest BCUT2D eigenvalue weighted by Gasteiger charge is 2.04. The van der Waals surface area contributed by atoms with Gasteiger partial charge in [-0.3, -0.25) is 0 Å². The van der Waals surface area contributed by atoms with E-state index in [1.807, 2.05) is 49.4 Å². The number of hydrogen-bond donors (Lipinski definition) is 2. The third-order valence-electron chi connectivity index (χ3n) is 3.05. The Morgan fingerprint density at radius 2 is 2.00 bits per heavy atom. The molecule has 110 valence electrons. The lowest BCUT2D eigenvalue weighted by Crippen LogP contribution is -2.30. The third kappa shape index (κ3) is 4.76. The standard InChI is InChI=1S/C16H16BrClN2O/c1-11-10-13(6-7-14(11)17)20-16(21)19-9-8-12-4-2-3-5-15(12)18/h2-7,10H,8-9H2,1H3,(H2,19,20,21). The Bertz CT molecular complexity index is 646. The Morgan fingerprint density at radius 3 is 2.71 bits per heavy atom. The van der Waals surface area contributed by atoms with Crippen LogP contribution in [0.2, 0.25) is 5.02 Å². The number of aryl methyl sites for hydroxylation is 1. The van der Waals surface area contributed by atoms with E-state index in [0.717, 1.165) is 26.3 Å². The quantitative estimate of drug-likeness (QED) is 0.802. The lowest BCUT2D eigenvalue weighted by molar-refractivity contribution is 0.252. The van der Waals surface area contributed by atoms with Gasteiger partial charge in [0.25, 0.3) is 0 Å². The molecule has 0 aliphatic carbocycles. The molecule has 21 heavy (non-hydrogen) atoms. The second-order valence-electron chi connectivity index (χ2n) is 4.69. The molecule has 2 N–H and O–H groups in total. The monoisotopic (exact) mass is 366 g/mol. The molecule has 0 aliphatic heterocycles. The van der Waals surface area contributed by atoms with Gasteiger partial charge >= 0.3 is 6.03 Å². The number of rotatable bonds is 4. The number of anilines is 1. The molecule has 0 saturated heterocycles. The lowest BCUT2D eigenvalue weighted by atomic mass is 10.1. The first-order chi connectivity index (χ1) is 10.1. The molecule has 3 nitrogen and oxygen atoms in total. The van der Waals surface area contributed by atoms with Gasteiger partial charge in [-0.1, -0.05) is 45.7 Å². The normalized spacial score (nSPS) is 10.2. The zero-order valence-corrected chi connectivity index (χ0v) is 14.0. The summed E-state index contributed by atoms with van der Waals surface area (Å²) in [4.78, 5) is 11.8. The van der Waals surface area contributed by atoms with Crippen molar-refractivity contribution in [2.45, 2.75) is 13.3 Å². The molecule has 0 atom stereocenters. The predicted octanol–water partition coefficient (Wildman–Crippen LogP) is 4.78. The molecular formula is C16H16BrClN2O. The van der Waals surface area contributed by atoms with Crippen molar-refractivity contribution >= 4 is 39.2 Å². The van der Waals surface area contributed by atoms with E-state index < -0.39 is 0 Å². The average molecular weight is 368 g/mol. The van der Waals surface area contributed by atoms with E-state index in [1.54, 1.807) is 0 Å². The maximum atomic E-state index is 11.8. The predicted molar refractivity (Wildman–Crippen MR) is 91.1 cm³/mol. The van der Waals surface area contributed by atoms with Crippen LogP contribution >= 0.6 is 27.5 Å². The molecule has 0 fully saturated rings. The molecule has 0 heterocycles. The Kier molecular flexibility index (Phi) is 5.65. The van der Waals surface area contributed by atoms with Crippen molar-refractivity contribution in [2.24, 2.45) is 0 Å². The highest BCUT2D eigenvalue weighted by molar-refractivity contribution is 9.10. The minimum absolute atomic E-state index is 0.219. The van der Waals surface area contributed by atoms with Gasteiger partial charge in [0, 0.05) is 21.7 Å². The molecule has 2 aromatic rings. The number of nitrogens with one attached hydrogen (secondary N) is 2. The van der Waals surface area contributed by atoms with Crippen LogP contribution in [0.25, 0.3) is 0 Å². The maximum absolute atomic E-state index is 11.8. The maximum Gasteiger partial charge on any atom is 0.319 e. The van der Waals surface area contributed by atoms with Crippen molar-refractivity contribution in [1.29, 1.82) is 0 Å². The molecule has 0 radical (unpaired) electrons. The smallest absolute Gasteiger partial charge is 0.319 e. The van der Waals surface area contributed by atoms with E-state index in [0.29, 0.717) is 13.0 Å². The molecule has 2 aromatic carbocycles. The van der Waals surface area contributed by atoms with Gasteiger partial charge in [-0.25, -0.2) is 4.79 Å².